The number of hydrogen-bond acceptors (Lipinski definition) is 5. The van der Waals surface area contributed by atoms with Crippen molar-refractivity contribution in [2.24, 2.45) is 0 Å². The topological polar surface area (TPSA) is 54.2 Å². The molecule has 3 rings (SSSR count). The fraction of sp³-hybridized carbons (Fsp3) is 0.429. The highest BCUT2D eigenvalue weighted by Gasteiger charge is 2.25. The van der Waals surface area contributed by atoms with Gasteiger partial charge in [-0.1, -0.05) is 28.4 Å². The van der Waals surface area contributed by atoms with E-state index >= 15 is 0 Å². The quantitative estimate of drug-likeness (QED) is 0.918. The van der Waals surface area contributed by atoms with Gasteiger partial charge in [0.2, 0.25) is 5.82 Å². The van der Waals surface area contributed by atoms with Crippen LogP contribution in [-0.2, 0) is 0 Å². The number of anilines is 1. The average Bonchev–Trinajstić information content (AvgIpc) is 2.85. The monoisotopic (exact) mass is 326 g/mol. The average molecular weight is 327 g/mol. The maximum Gasteiger partial charge on any atom is 0.324 e. The summed E-state index contributed by atoms with van der Waals surface area (Å²) in [5.74, 6) is 0.494. The molecule has 1 N–H and O–H groups in total. The zero-order valence-electron chi connectivity index (χ0n) is 11.8. The van der Waals surface area contributed by atoms with Crippen LogP contribution in [-0.4, -0.2) is 35.3 Å². The van der Waals surface area contributed by atoms with Crippen LogP contribution < -0.4 is 10.2 Å². The van der Waals surface area contributed by atoms with Crippen LogP contribution in [0.3, 0.4) is 0 Å². The fourth-order valence-corrected chi connectivity index (χ4v) is 3.15. The van der Waals surface area contributed by atoms with Crippen molar-refractivity contribution in [2.75, 3.05) is 18.0 Å². The molecule has 7 heteroatoms. The Bertz CT molecular complexity index is 615. The highest BCUT2D eigenvalue weighted by Crippen LogP contribution is 2.27. The molecule has 0 saturated carbocycles. The third-order valence-corrected chi connectivity index (χ3v) is 3.80. The minimum Gasteiger partial charge on any atom is -0.321 e. The van der Waals surface area contributed by atoms with Crippen molar-refractivity contribution in [2.45, 2.75) is 25.9 Å². The molecule has 0 amide bonds. The summed E-state index contributed by atoms with van der Waals surface area (Å²) in [6.45, 7) is 5.94. The number of nitrogens with zero attached hydrogens (tertiary/aromatic N) is 3. The van der Waals surface area contributed by atoms with Gasteiger partial charge in [0.1, 0.15) is 0 Å². The Labute approximate surface area is 133 Å². The SMILES string of the molecule is C[C@@H]1CN(c2nc(-c3cc(Cl)cc(Cl)c3)no2)C[C@H](C)N1. The molecule has 1 aromatic heterocycles. The van der Waals surface area contributed by atoms with Gasteiger partial charge in [-0.2, -0.15) is 4.98 Å². The second kappa shape index (κ2) is 5.83. The maximum absolute atomic E-state index is 6.00. The molecule has 1 aromatic carbocycles. The van der Waals surface area contributed by atoms with Crippen LogP contribution in [0, 0.1) is 0 Å². The van der Waals surface area contributed by atoms with Crippen LogP contribution in [0.5, 0.6) is 0 Å². The molecule has 2 atom stereocenters. The molecule has 0 radical (unpaired) electrons. The first-order valence-electron chi connectivity index (χ1n) is 6.82. The van der Waals surface area contributed by atoms with Gasteiger partial charge in [0.15, 0.2) is 0 Å². The van der Waals surface area contributed by atoms with Gasteiger partial charge in [-0.25, -0.2) is 0 Å². The van der Waals surface area contributed by atoms with E-state index < -0.39 is 0 Å². The molecule has 21 heavy (non-hydrogen) atoms. The minimum atomic E-state index is 0.379. The summed E-state index contributed by atoms with van der Waals surface area (Å²) in [7, 11) is 0. The molecule has 0 bridgehead atoms. The molecule has 1 saturated heterocycles. The Balaban J connectivity index is 1.86. The molecule has 2 heterocycles. The third kappa shape index (κ3) is 3.31. The van der Waals surface area contributed by atoms with Gasteiger partial charge in [0.25, 0.3) is 0 Å². The van der Waals surface area contributed by atoms with Gasteiger partial charge in [0, 0.05) is 40.8 Å². The summed E-state index contributed by atoms with van der Waals surface area (Å²) in [5, 5.41) is 8.59. The van der Waals surface area contributed by atoms with Crippen LogP contribution in [0.1, 0.15) is 13.8 Å². The van der Waals surface area contributed by atoms with Crippen molar-refractivity contribution in [1.29, 1.82) is 0 Å². The molecule has 0 spiro atoms. The maximum atomic E-state index is 6.00. The van der Waals surface area contributed by atoms with Crippen molar-refractivity contribution in [3.8, 4) is 11.4 Å². The molecular weight excluding hydrogens is 311 g/mol. The molecule has 1 aliphatic rings. The largest absolute Gasteiger partial charge is 0.324 e. The summed E-state index contributed by atoms with van der Waals surface area (Å²) in [6.07, 6.45) is 0. The molecule has 2 aromatic rings. The zero-order chi connectivity index (χ0) is 15.0. The molecule has 0 unspecified atom stereocenters. The Morgan fingerprint density at radius 2 is 1.76 bits per heavy atom. The zero-order valence-corrected chi connectivity index (χ0v) is 13.3. The smallest absolute Gasteiger partial charge is 0.321 e. The molecular formula is C14H16Cl2N4O. The Kier molecular flexibility index (Phi) is 4.06. The van der Waals surface area contributed by atoms with Crippen molar-refractivity contribution >= 4 is 29.2 Å². The summed E-state index contributed by atoms with van der Waals surface area (Å²) >= 11 is 12.0. The van der Waals surface area contributed by atoms with Gasteiger partial charge >= 0.3 is 6.01 Å². The van der Waals surface area contributed by atoms with E-state index in [-0.39, 0.29) is 0 Å². The van der Waals surface area contributed by atoms with Crippen molar-refractivity contribution in [1.82, 2.24) is 15.5 Å². The van der Waals surface area contributed by atoms with Gasteiger partial charge in [-0.15, -0.1) is 0 Å². The van der Waals surface area contributed by atoms with Crippen molar-refractivity contribution in [3.63, 3.8) is 0 Å². The minimum absolute atomic E-state index is 0.379. The first kappa shape index (κ1) is 14.6. The predicted octanol–water partition coefficient (Wildman–Crippen LogP) is 3.23. The van der Waals surface area contributed by atoms with E-state index in [1.165, 1.54) is 0 Å². The third-order valence-electron chi connectivity index (χ3n) is 3.36. The molecule has 112 valence electrons. The summed E-state index contributed by atoms with van der Waals surface area (Å²) in [6, 6.07) is 6.50. The van der Waals surface area contributed by atoms with Gasteiger partial charge in [0.05, 0.1) is 0 Å². The first-order valence-corrected chi connectivity index (χ1v) is 7.58. The normalized spacial score (nSPS) is 22.6. The fourth-order valence-electron chi connectivity index (χ4n) is 2.63. The number of aromatic nitrogens is 2. The lowest BCUT2D eigenvalue weighted by Crippen LogP contribution is -2.54. The number of rotatable bonds is 2. The van der Waals surface area contributed by atoms with Gasteiger partial charge in [-0.3, -0.25) is 0 Å². The van der Waals surface area contributed by atoms with Crippen LogP contribution in [0.25, 0.3) is 11.4 Å². The second-order valence-electron chi connectivity index (χ2n) is 5.43. The van der Waals surface area contributed by atoms with E-state index in [1.807, 2.05) is 0 Å². The van der Waals surface area contributed by atoms with E-state index in [4.69, 9.17) is 27.7 Å². The van der Waals surface area contributed by atoms with E-state index in [0.717, 1.165) is 18.7 Å². The van der Waals surface area contributed by atoms with Crippen LogP contribution >= 0.6 is 23.2 Å². The number of halogens is 2. The summed E-state index contributed by atoms with van der Waals surface area (Å²) in [5.41, 5.74) is 0.749. The van der Waals surface area contributed by atoms with Gasteiger partial charge in [-0.05, 0) is 32.0 Å². The van der Waals surface area contributed by atoms with E-state index in [2.05, 4.69) is 34.2 Å². The first-order chi connectivity index (χ1) is 10.0. The Morgan fingerprint density at radius 3 is 2.38 bits per heavy atom. The lowest BCUT2D eigenvalue weighted by atomic mass is 10.1. The van der Waals surface area contributed by atoms with Gasteiger partial charge < -0.3 is 14.7 Å². The Hall–Kier alpha value is -1.30. The molecule has 0 aliphatic carbocycles. The summed E-state index contributed by atoms with van der Waals surface area (Å²) in [4.78, 5) is 6.55. The highest BCUT2D eigenvalue weighted by molar-refractivity contribution is 6.35. The van der Waals surface area contributed by atoms with Crippen molar-refractivity contribution < 1.29 is 4.52 Å². The van der Waals surface area contributed by atoms with E-state index in [1.54, 1.807) is 18.2 Å². The molecule has 5 nitrogen and oxygen atoms in total. The number of benzene rings is 1. The van der Waals surface area contributed by atoms with E-state index in [9.17, 15) is 0 Å². The standard InChI is InChI=1S/C14H16Cl2N4O/c1-8-6-20(7-9(2)17-8)14-18-13(19-21-14)10-3-11(15)5-12(16)4-10/h3-5,8-9,17H,6-7H2,1-2H3/t8-,9+. The van der Waals surface area contributed by atoms with Crippen molar-refractivity contribution in [3.05, 3.63) is 28.2 Å². The lowest BCUT2D eigenvalue weighted by molar-refractivity contribution is 0.360. The number of hydrogen-bond donors (Lipinski definition) is 1. The predicted molar refractivity (Wildman–Crippen MR) is 84.0 cm³/mol. The second-order valence-corrected chi connectivity index (χ2v) is 6.31. The van der Waals surface area contributed by atoms with Crippen LogP contribution in [0.15, 0.2) is 22.7 Å². The lowest BCUT2D eigenvalue weighted by Gasteiger charge is -2.34. The van der Waals surface area contributed by atoms with E-state index in [0.29, 0.717) is 34.0 Å². The number of piperazine rings is 1. The highest BCUT2D eigenvalue weighted by atomic mass is 35.5. The Morgan fingerprint density at radius 1 is 1.14 bits per heavy atom. The van der Waals surface area contributed by atoms with Crippen LogP contribution in [0.4, 0.5) is 6.01 Å². The summed E-state index contributed by atoms with van der Waals surface area (Å²) < 4.78 is 5.39. The van der Waals surface area contributed by atoms with Crippen LogP contribution in [0.2, 0.25) is 10.0 Å². The number of nitrogens with one attached hydrogen (secondary N) is 1. The molecule has 1 aliphatic heterocycles. The molecule has 1 fully saturated rings.